The Morgan fingerprint density at radius 1 is 1.44 bits per heavy atom. The molecule has 90 valence electrons. The highest BCUT2D eigenvalue weighted by Gasteiger charge is 2.27. The Morgan fingerprint density at radius 2 is 2.19 bits per heavy atom. The van der Waals surface area contributed by atoms with Gasteiger partial charge >= 0.3 is 0 Å². The molecule has 0 aliphatic heterocycles. The maximum absolute atomic E-state index is 4.49. The lowest BCUT2D eigenvalue weighted by atomic mass is 9.79. The van der Waals surface area contributed by atoms with E-state index in [0.717, 1.165) is 18.4 Å². The molecule has 1 aliphatic carbocycles. The predicted molar refractivity (Wildman–Crippen MR) is 69.7 cm³/mol. The van der Waals surface area contributed by atoms with Gasteiger partial charge in [0.15, 0.2) is 0 Å². The Labute approximate surface area is 102 Å². The van der Waals surface area contributed by atoms with Crippen LogP contribution >= 0.6 is 11.3 Å². The van der Waals surface area contributed by atoms with Crippen molar-refractivity contribution >= 4 is 11.3 Å². The van der Waals surface area contributed by atoms with Gasteiger partial charge in [-0.25, -0.2) is 4.98 Å². The molecule has 2 rings (SSSR count). The first-order valence-electron chi connectivity index (χ1n) is 6.44. The molecular formula is C13H22N2S. The van der Waals surface area contributed by atoms with E-state index in [9.17, 15) is 0 Å². The van der Waals surface area contributed by atoms with Gasteiger partial charge in [-0.15, -0.1) is 11.3 Å². The molecule has 0 amide bonds. The van der Waals surface area contributed by atoms with Crippen LogP contribution in [0.2, 0.25) is 0 Å². The normalized spacial score (nSPS) is 27.9. The number of nitrogens with zero attached hydrogens (tertiary/aromatic N) is 1. The highest BCUT2D eigenvalue weighted by atomic mass is 32.1. The van der Waals surface area contributed by atoms with Gasteiger partial charge in [0.05, 0.1) is 6.04 Å². The Kier molecular flexibility index (Phi) is 4.36. The fourth-order valence-electron chi connectivity index (χ4n) is 2.68. The summed E-state index contributed by atoms with van der Waals surface area (Å²) in [6.07, 6.45) is 7.42. The van der Waals surface area contributed by atoms with Crippen molar-refractivity contribution in [2.45, 2.75) is 45.6 Å². The first-order chi connectivity index (χ1) is 7.81. The molecule has 1 unspecified atom stereocenters. The highest BCUT2D eigenvalue weighted by Crippen LogP contribution is 2.37. The number of thiazole rings is 1. The van der Waals surface area contributed by atoms with Crippen LogP contribution in [0.4, 0.5) is 0 Å². The third-order valence-electron chi connectivity index (χ3n) is 3.67. The first kappa shape index (κ1) is 12.1. The first-order valence-corrected chi connectivity index (χ1v) is 7.32. The molecule has 1 heterocycles. The summed E-state index contributed by atoms with van der Waals surface area (Å²) < 4.78 is 0. The minimum atomic E-state index is 0.498. The lowest BCUT2D eigenvalue weighted by molar-refractivity contribution is 0.233. The zero-order valence-corrected chi connectivity index (χ0v) is 11.1. The topological polar surface area (TPSA) is 24.9 Å². The smallest absolute Gasteiger partial charge is 0.110 e. The molecule has 2 nitrogen and oxygen atoms in total. The van der Waals surface area contributed by atoms with E-state index in [2.05, 4.69) is 29.5 Å². The van der Waals surface area contributed by atoms with E-state index in [1.54, 1.807) is 11.3 Å². The average molecular weight is 238 g/mol. The lowest BCUT2D eigenvalue weighted by Crippen LogP contribution is -2.30. The molecule has 1 saturated carbocycles. The Bertz CT molecular complexity index is 289. The van der Waals surface area contributed by atoms with Crippen LogP contribution < -0.4 is 5.32 Å². The third kappa shape index (κ3) is 2.83. The Balaban J connectivity index is 2.02. The minimum Gasteiger partial charge on any atom is -0.308 e. The van der Waals surface area contributed by atoms with Crippen molar-refractivity contribution in [1.29, 1.82) is 0 Å². The van der Waals surface area contributed by atoms with Crippen molar-refractivity contribution in [2.24, 2.45) is 11.8 Å². The van der Waals surface area contributed by atoms with Gasteiger partial charge in [-0.3, -0.25) is 0 Å². The number of aromatic nitrogens is 1. The SMILES string of the molecule is CCNC(c1nccs1)C1CCC(C)CC1. The zero-order valence-electron chi connectivity index (χ0n) is 10.3. The van der Waals surface area contributed by atoms with Gasteiger partial charge in [-0.1, -0.05) is 26.7 Å². The van der Waals surface area contributed by atoms with E-state index in [4.69, 9.17) is 0 Å². The molecule has 0 spiro atoms. The third-order valence-corrected chi connectivity index (χ3v) is 4.53. The van der Waals surface area contributed by atoms with Gasteiger partial charge in [0, 0.05) is 11.6 Å². The lowest BCUT2D eigenvalue weighted by Gasteiger charge is -2.32. The van der Waals surface area contributed by atoms with E-state index in [1.807, 2.05) is 6.20 Å². The van der Waals surface area contributed by atoms with Crippen LogP contribution in [0.15, 0.2) is 11.6 Å². The summed E-state index contributed by atoms with van der Waals surface area (Å²) >= 11 is 1.79. The van der Waals surface area contributed by atoms with Crippen LogP contribution in [0.5, 0.6) is 0 Å². The molecule has 1 N–H and O–H groups in total. The highest BCUT2D eigenvalue weighted by molar-refractivity contribution is 7.09. The zero-order chi connectivity index (χ0) is 11.4. The fraction of sp³-hybridized carbons (Fsp3) is 0.769. The molecule has 16 heavy (non-hydrogen) atoms. The standard InChI is InChI=1S/C13H22N2S/c1-3-14-12(13-15-8-9-16-13)11-6-4-10(2)5-7-11/h8-12,14H,3-7H2,1-2H3. The van der Waals surface area contributed by atoms with Crippen molar-refractivity contribution in [3.8, 4) is 0 Å². The second-order valence-corrected chi connectivity index (χ2v) is 5.85. The van der Waals surface area contributed by atoms with Crippen LogP contribution in [0, 0.1) is 11.8 Å². The van der Waals surface area contributed by atoms with Crippen LogP contribution in [-0.4, -0.2) is 11.5 Å². The summed E-state index contributed by atoms with van der Waals surface area (Å²) in [5.74, 6) is 1.72. The quantitative estimate of drug-likeness (QED) is 0.866. The van der Waals surface area contributed by atoms with Crippen molar-refractivity contribution in [1.82, 2.24) is 10.3 Å². The van der Waals surface area contributed by atoms with E-state index in [1.165, 1.54) is 30.7 Å². The summed E-state index contributed by atoms with van der Waals surface area (Å²) in [7, 11) is 0. The molecule has 3 heteroatoms. The molecule has 1 aromatic rings. The minimum absolute atomic E-state index is 0.498. The number of rotatable bonds is 4. The monoisotopic (exact) mass is 238 g/mol. The van der Waals surface area contributed by atoms with Crippen molar-refractivity contribution in [2.75, 3.05) is 6.54 Å². The molecule has 0 bridgehead atoms. The van der Waals surface area contributed by atoms with E-state index in [-0.39, 0.29) is 0 Å². The van der Waals surface area contributed by atoms with Gasteiger partial charge in [-0.2, -0.15) is 0 Å². The van der Waals surface area contributed by atoms with Crippen molar-refractivity contribution in [3.63, 3.8) is 0 Å². The molecule has 1 atom stereocenters. The summed E-state index contributed by atoms with van der Waals surface area (Å²) in [4.78, 5) is 4.49. The van der Waals surface area contributed by atoms with Gasteiger partial charge in [0.2, 0.25) is 0 Å². The predicted octanol–water partition coefficient (Wildman–Crippen LogP) is 3.62. The van der Waals surface area contributed by atoms with E-state index < -0.39 is 0 Å². The van der Waals surface area contributed by atoms with Gasteiger partial charge in [0.25, 0.3) is 0 Å². The maximum atomic E-state index is 4.49. The van der Waals surface area contributed by atoms with Crippen LogP contribution in [0.1, 0.15) is 50.6 Å². The van der Waals surface area contributed by atoms with Gasteiger partial charge < -0.3 is 5.32 Å². The van der Waals surface area contributed by atoms with Crippen molar-refractivity contribution < 1.29 is 0 Å². The average Bonchev–Trinajstić information content (AvgIpc) is 2.81. The summed E-state index contributed by atoms with van der Waals surface area (Å²) in [6, 6.07) is 0.498. The van der Waals surface area contributed by atoms with Gasteiger partial charge in [-0.05, 0) is 31.2 Å². The molecule has 1 aromatic heterocycles. The summed E-state index contributed by atoms with van der Waals surface area (Å²) in [5.41, 5.74) is 0. The van der Waals surface area contributed by atoms with Gasteiger partial charge in [0.1, 0.15) is 5.01 Å². The molecule has 0 aromatic carbocycles. The van der Waals surface area contributed by atoms with Crippen LogP contribution in [-0.2, 0) is 0 Å². The van der Waals surface area contributed by atoms with E-state index in [0.29, 0.717) is 6.04 Å². The Morgan fingerprint density at radius 3 is 2.75 bits per heavy atom. The Hall–Kier alpha value is -0.410. The molecule has 1 aliphatic rings. The summed E-state index contributed by atoms with van der Waals surface area (Å²) in [6.45, 7) is 5.60. The van der Waals surface area contributed by atoms with Crippen molar-refractivity contribution in [3.05, 3.63) is 16.6 Å². The van der Waals surface area contributed by atoms with E-state index >= 15 is 0 Å². The van der Waals surface area contributed by atoms with Crippen LogP contribution in [0.25, 0.3) is 0 Å². The molecule has 0 saturated heterocycles. The largest absolute Gasteiger partial charge is 0.308 e. The second-order valence-electron chi connectivity index (χ2n) is 4.93. The second kappa shape index (κ2) is 5.78. The summed E-state index contributed by atoms with van der Waals surface area (Å²) in [5, 5.41) is 6.98. The fourth-order valence-corrected chi connectivity index (χ4v) is 3.49. The molecule has 0 radical (unpaired) electrons. The number of hydrogen-bond donors (Lipinski definition) is 1. The number of hydrogen-bond acceptors (Lipinski definition) is 3. The van der Waals surface area contributed by atoms with Crippen LogP contribution in [0.3, 0.4) is 0 Å². The molecule has 1 fully saturated rings. The maximum Gasteiger partial charge on any atom is 0.110 e. The molecular weight excluding hydrogens is 216 g/mol. The number of nitrogens with one attached hydrogen (secondary N) is 1.